The third kappa shape index (κ3) is 3.70. The lowest BCUT2D eigenvalue weighted by Crippen LogP contribution is -2.30. The molecule has 3 nitrogen and oxygen atoms in total. The van der Waals surface area contributed by atoms with Gasteiger partial charge in [-0.05, 0) is 42.7 Å². The average molecular weight is 282 g/mol. The molecule has 2 aromatic carbocycles. The van der Waals surface area contributed by atoms with Gasteiger partial charge in [0.05, 0.1) is 0 Å². The molecule has 0 saturated heterocycles. The highest BCUT2D eigenvalue weighted by atomic mass is 16.2. The summed E-state index contributed by atoms with van der Waals surface area (Å²) in [6, 6.07) is 15.7. The largest absolute Gasteiger partial charge is 0.335 e. The summed E-state index contributed by atoms with van der Waals surface area (Å²) in [5.41, 5.74) is 9.72. The van der Waals surface area contributed by atoms with E-state index in [1.807, 2.05) is 48.2 Å². The van der Waals surface area contributed by atoms with Crippen LogP contribution in [-0.4, -0.2) is 17.4 Å². The van der Waals surface area contributed by atoms with Gasteiger partial charge in [-0.15, -0.1) is 0 Å². The second kappa shape index (κ2) is 7.04. The maximum Gasteiger partial charge on any atom is 0.254 e. The Kier molecular flexibility index (Phi) is 5.12. The second-order valence-corrected chi connectivity index (χ2v) is 5.15. The monoisotopic (exact) mass is 282 g/mol. The molecular formula is C18H22N2O. The number of carbonyl (C=O) groups is 1. The molecule has 2 rings (SSSR count). The van der Waals surface area contributed by atoms with Crippen molar-refractivity contribution in [2.75, 3.05) is 6.54 Å². The van der Waals surface area contributed by atoms with Gasteiger partial charge in [0.2, 0.25) is 0 Å². The molecule has 0 aliphatic carbocycles. The van der Waals surface area contributed by atoms with Crippen molar-refractivity contribution in [1.82, 2.24) is 4.90 Å². The number of hydrogen-bond acceptors (Lipinski definition) is 2. The van der Waals surface area contributed by atoms with Crippen molar-refractivity contribution < 1.29 is 4.79 Å². The van der Waals surface area contributed by atoms with Crippen LogP contribution < -0.4 is 5.73 Å². The molecule has 0 heterocycles. The van der Waals surface area contributed by atoms with Gasteiger partial charge in [-0.25, -0.2) is 0 Å². The van der Waals surface area contributed by atoms with E-state index in [1.54, 1.807) is 0 Å². The van der Waals surface area contributed by atoms with Crippen LogP contribution in [0.5, 0.6) is 0 Å². The molecule has 1 amide bonds. The number of amides is 1. The fraction of sp³-hybridized carbons (Fsp3) is 0.278. The van der Waals surface area contributed by atoms with Crippen molar-refractivity contribution >= 4 is 5.91 Å². The van der Waals surface area contributed by atoms with E-state index in [9.17, 15) is 4.79 Å². The van der Waals surface area contributed by atoms with Crippen LogP contribution >= 0.6 is 0 Å². The van der Waals surface area contributed by atoms with Crippen LogP contribution in [0, 0.1) is 6.92 Å². The summed E-state index contributed by atoms with van der Waals surface area (Å²) in [6.07, 6.45) is 0. The van der Waals surface area contributed by atoms with Gasteiger partial charge < -0.3 is 10.6 Å². The predicted octanol–water partition coefficient (Wildman–Crippen LogP) is 3.12. The minimum atomic E-state index is 0.0519. The lowest BCUT2D eigenvalue weighted by molar-refractivity contribution is 0.0752. The molecule has 0 spiro atoms. The molecule has 2 N–H and O–H groups in total. The first kappa shape index (κ1) is 15.3. The Balaban J connectivity index is 2.20. The lowest BCUT2D eigenvalue weighted by atomic mass is 10.1. The van der Waals surface area contributed by atoms with E-state index in [-0.39, 0.29) is 5.91 Å². The topological polar surface area (TPSA) is 46.3 Å². The maximum absolute atomic E-state index is 12.6. The second-order valence-electron chi connectivity index (χ2n) is 5.15. The Hall–Kier alpha value is -2.13. The fourth-order valence-corrected chi connectivity index (χ4v) is 2.33. The molecule has 0 atom stereocenters. The molecule has 3 heteroatoms. The van der Waals surface area contributed by atoms with Crippen molar-refractivity contribution in [2.45, 2.75) is 26.9 Å². The SMILES string of the molecule is CCN(Cc1ccccc1C)C(=O)c1cccc(CN)c1. The number of nitrogens with zero attached hydrogens (tertiary/aromatic N) is 1. The average Bonchev–Trinajstić information content (AvgIpc) is 2.53. The first-order valence-electron chi connectivity index (χ1n) is 7.28. The molecule has 0 aliphatic rings. The van der Waals surface area contributed by atoms with E-state index >= 15 is 0 Å². The van der Waals surface area contributed by atoms with Crippen LogP contribution in [0.15, 0.2) is 48.5 Å². The minimum absolute atomic E-state index is 0.0519. The van der Waals surface area contributed by atoms with Gasteiger partial charge in [0, 0.05) is 25.2 Å². The molecule has 0 aliphatic heterocycles. The highest BCUT2D eigenvalue weighted by molar-refractivity contribution is 5.94. The number of rotatable bonds is 5. The Bertz CT molecular complexity index is 622. The van der Waals surface area contributed by atoms with Crippen LogP contribution in [0.2, 0.25) is 0 Å². The minimum Gasteiger partial charge on any atom is -0.335 e. The van der Waals surface area contributed by atoms with E-state index in [2.05, 4.69) is 19.1 Å². The zero-order chi connectivity index (χ0) is 15.2. The van der Waals surface area contributed by atoms with E-state index in [4.69, 9.17) is 5.73 Å². The number of carbonyl (C=O) groups excluding carboxylic acids is 1. The van der Waals surface area contributed by atoms with Crippen molar-refractivity contribution in [3.8, 4) is 0 Å². The summed E-state index contributed by atoms with van der Waals surface area (Å²) < 4.78 is 0. The third-order valence-corrected chi connectivity index (χ3v) is 3.70. The van der Waals surface area contributed by atoms with Crippen LogP contribution in [0.25, 0.3) is 0 Å². The van der Waals surface area contributed by atoms with Gasteiger partial charge in [0.25, 0.3) is 5.91 Å². The third-order valence-electron chi connectivity index (χ3n) is 3.70. The molecule has 110 valence electrons. The van der Waals surface area contributed by atoms with E-state index in [1.165, 1.54) is 11.1 Å². The van der Waals surface area contributed by atoms with Crippen LogP contribution in [0.4, 0.5) is 0 Å². The van der Waals surface area contributed by atoms with Crippen LogP contribution in [-0.2, 0) is 13.1 Å². The Morgan fingerprint density at radius 1 is 1.14 bits per heavy atom. The van der Waals surface area contributed by atoms with Crippen LogP contribution in [0.1, 0.15) is 34.0 Å². The summed E-state index contributed by atoms with van der Waals surface area (Å²) in [4.78, 5) is 14.5. The predicted molar refractivity (Wildman–Crippen MR) is 85.9 cm³/mol. The Labute approximate surface area is 126 Å². The molecule has 2 aromatic rings. The number of benzene rings is 2. The molecule has 0 fully saturated rings. The first-order chi connectivity index (χ1) is 10.2. The molecule has 21 heavy (non-hydrogen) atoms. The smallest absolute Gasteiger partial charge is 0.254 e. The number of nitrogens with two attached hydrogens (primary N) is 1. The highest BCUT2D eigenvalue weighted by Gasteiger charge is 2.15. The summed E-state index contributed by atoms with van der Waals surface area (Å²) in [6.45, 7) is 5.84. The van der Waals surface area contributed by atoms with E-state index < -0.39 is 0 Å². The zero-order valence-electron chi connectivity index (χ0n) is 12.7. The van der Waals surface area contributed by atoms with Crippen molar-refractivity contribution in [3.05, 3.63) is 70.8 Å². The summed E-state index contributed by atoms with van der Waals surface area (Å²) >= 11 is 0. The van der Waals surface area contributed by atoms with Gasteiger partial charge >= 0.3 is 0 Å². The Morgan fingerprint density at radius 2 is 1.90 bits per heavy atom. The van der Waals surface area contributed by atoms with E-state index in [0.717, 1.165) is 5.56 Å². The maximum atomic E-state index is 12.6. The molecule has 0 radical (unpaired) electrons. The van der Waals surface area contributed by atoms with Gasteiger partial charge in [0.1, 0.15) is 0 Å². The Morgan fingerprint density at radius 3 is 2.57 bits per heavy atom. The van der Waals surface area contributed by atoms with Gasteiger partial charge in [-0.2, -0.15) is 0 Å². The lowest BCUT2D eigenvalue weighted by Gasteiger charge is -2.22. The molecular weight excluding hydrogens is 260 g/mol. The quantitative estimate of drug-likeness (QED) is 0.916. The molecule has 0 saturated carbocycles. The molecule has 0 aromatic heterocycles. The normalized spacial score (nSPS) is 10.4. The number of hydrogen-bond donors (Lipinski definition) is 1. The molecule has 0 unspecified atom stereocenters. The zero-order valence-corrected chi connectivity index (χ0v) is 12.7. The van der Waals surface area contributed by atoms with Crippen molar-refractivity contribution in [3.63, 3.8) is 0 Å². The summed E-state index contributed by atoms with van der Waals surface area (Å²) in [5, 5.41) is 0. The highest BCUT2D eigenvalue weighted by Crippen LogP contribution is 2.14. The van der Waals surface area contributed by atoms with Gasteiger partial charge in [-0.1, -0.05) is 36.4 Å². The van der Waals surface area contributed by atoms with Crippen LogP contribution in [0.3, 0.4) is 0 Å². The van der Waals surface area contributed by atoms with Crippen molar-refractivity contribution in [1.29, 1.82) is 0 Å². The van der Waals surface area contributed by atoms with Gasteiger partial charge in [0.15, 0.2) is 0 Å². The van der Waals surface area contributed by atoms with E-state index in [0.29, 0.717) is 25.2 Å². The van der Waals surface area contributed by atoms with Gasteiger partial charge in [-0.3, -0.25) is 4.79 Å². The molecule has 0 bridgehead atoms. The number of aryl methyl sites for hydroxylation is 1. The standard InChI is InChI=1S/C18H22N2O/c1-3-20(13-17-9-5-4-7-14(17)2)18(21)16-10-6-8-15(11-16)12-19/h4-11H,3,12-13,19H2,1-2H3. The van der Waals surface area contributed by atoms with Crippen molar-refractivity contribution in [2.24, 2.45) is 5.73 Å². The summed E-state index contributed by atoms with van der Waals surface area (Å²) in [5.74, 6) is 0.0519. The first-order valence-corrected chi connectivity index (χ1v) is 7.28. The fourth-order valence-electron chi connectivity index (χ4n) is 2.33. The summed E-state index contributed by atoms with van der Waals surface area (Å²) in [7, 11) is 0.